The van der Waals surface area contributed by atoms with E-state index in [2.05, 4.69) is 25.1 Å². The molecule has 2 N–H and O–H groups in total. The molecule has 1 spiro atoms. The number of ether oxygens (including phenoxy) is 1. The van der Waals surface area contributed by atoms with E-state index < -0.39 is 5.60 Å². The zero-order chi connectivity index (χ0) is 18.3. The summed E-state index contributed by atoms with van der Waals surface area (Å²) >= 11 is 0. The number of aliphatic hydroxyl groups excluding tert-OH is 1. The summed E-state index contributed by atoms with van der Waals surface area (Å²) in [6.07, 6.45) is 7.11. The lowest BCUT2D eigenvalue weighted by Gasteiger charge is -2.59. The van der Waals surface area contributed by atoms with Crippen molar-refractivity contribution >= 4 is 0 Å². The summed E-state index contributed by atoms with van der Waals surface area (Å²) in [7, 11) is 1.74. The van der Waals surface area contributed by atoms with Crippen LogP contribution in [0.1, 0.15) is 69.4 Å². The van der Waals surface area contributed by atoms with Crippen molar-refractivity contribution in [2.45, 2.75) is 76.4 Å². The minimum Gasteiger partial charge on any atom is -0.497 e. The number of rotatable bonds is 1. The van der Waals surface area contributed by atoms with Crippen molar-refractivity contribution in [2.75, 3.05) is 7.11 Å². The average molecular weight is 357 g/mol. The fourth-order valence-corrected chi connectivity index (χ4v) is 7.73. The molecule has 0 aromatic heterocycles. The molecule has 0 radical (unpaired) electrons. The van der Waals surface area contributed by atoms with Crippen LogP contribution in [-0.4, -0.2) is 29.0 Å². The molecule has 0 amide bonds. The van der Waals surface area contributed by atoms with E-state index in [0.29, 0.717) is 11.8 Å². The van der Waals surface area contributed by atoms with Gasteiger partial charge >= 0.3 is 0 Å². The molecule has 3 heteroatoms. The van der Waals surface area contributed by atoms with Gasteiger partial charge < -0.3 is 14.9 Å². The highest BCUT2D eigenvalue weighted by Crippen LogP contribution is 2.74. The Kier molecular flexibility index (Phi) is 3.45. The lowest BCUT2D eigenvalue weighted by molar-refractivity contribution is -0.100. The minimum absolute atomic E-state index is 0.0384. The van der Waals surface area contributed by atoms with Crippen molar-refractivity contribution < 1.29 is 14.9 Å². The fraction of sp³-hybridized carbons (Fsp3) is 0.739. The highest BCUT2D eigenvalue weighted by atomic mass is 16.5. The molecule has 0 heterocycles. The van der Waals surface area contributed by atoms with Crippen molar-refractivity contribution in [1.82, 2.24) is 0 Å². The van der Waals surface area contributed by atoms with Gasteiger partial charge in [-0.2, -0.15) is 0 Å². The normalized spacial score (nSPS) is 49.1. The Morgan fingerprint density at radius 2 is 1.88 bits per heavy atom. The molecule has 4 aliphatic rings. The smallest absolute Gasteiger partial charge is 0.119 e. The Bertz CT molecular complexity index is 741. The van der Waals surface area contributed by atoms with E-state index >= 15 is 0 Å². The van der Waals surface area contributed by atoms with Crippen molar-refractivity contribution in [1.29, 1.82) is 0 Å². The van der Waals surface area contributed by atoms with Gasteiger partial charge in [-0.15, -0.1) is 0 Å². The van der Waals surface area contributed by atoms with Crippen LogP contribution in [0.2, 0.25) is 0 Å². The minimum atomic E-state index is -0.708. The maximum absolute atomic E-state index is 11.3. The van der Waals surface area contributed by atoms with Gasteiger partial charge in [-0.05, 0) is 97.8 Å². The zero-order valence-electron chi connectivity index (χ0n) is 16.3. The summed E-state index contributed by atoms with van der Waals surface area (Å²) in [5.74, 6) is 2.24. The average Bonchev–Trinajstić information content (AvgIpc) is 2.85. The van der Waals surface area contributed by atoms with E-state index in [9.17, 15) is 10.2 Å². The maximum Gasteiger partial charge on any atom is 0.119 e. The number of aliphatic hydroxyl groups is 2. The number of benzene rings is 1. The second-order valence-corrected chi connectivity index (χ2v) is 10.0. The van der Waals surface area contributed by atoms with Crippen molar-refractivity contribution in [2.24, 2.45) is 22.7 Å². The molecule has 7 atom stereocenters. The Morgan fingerprint density at radius 3 is 2.65 bits per heavy atom. The summed E-state index contributed by atoms with van der Waals surface area (Å²) < 4.78 is 5.44. The molecule has 0 aliphatic heterocycles. The molecular weight excluding hydrogens is 324 g/mol. The number of aryl methyl sites for hydroxylation is 1. The SMILES string of the molecule is COc1ccc2c(c1)CC[C@@H]1[C@@H]2CC[C@]2(C)[C@@H](O)[C@@H]3C[C@]12CC[C@@]3(C)O. The molecule has 3 saturated carbocycles. The zero-order valence-corrected chi connectivity index (χ0v) is 16.3. The van der Waals surface area contributed by atoms with Gasteiger partial charge in [-0.3, -0.25) is 0 Å². The largest absolute Gasteiger partial charge is 0.497 e. The van der Waals surface area contributed by atoms with Gasteiger partial charge in [0.1, 0.15) is 5.75 Å². The van der Waals surface area contributed by atoms with Gasteiger partial charge in [0.2, 0.25) is 0 Å². The van der Waals surface area contributed by atoms with Crippen LogP contribution in [0.3, 0.4) is 0 Å². The van der Waals surface area contributed by atoms with Crippen molar-refractivity contribution in [3.63, 3.8) is 0 Å². The molecule has 3 nitrogen and oxygen atoms in total. The van der Waals surface area contributed by atoms with Gasteiger partial charge in [0.25, 0.3) is 0 Å². The van der Waals surface area contributed by atoms with E-state index in [1.165, 1.54) is 17.5 Å². The quantitative estimate of drug-likeness (QED) is 0.798. The molecular formula is C23H32O3. The highest BCUT2D eigenvalue weighted by molar-refractivity contribution is 5.41. The summed E-state index contributed by atoms with van der Waals surface area (Å²) in [5, 5.41) is 22.2. The first kappa shape index (κ1) is 17.1. The van der Waals surface area contributed by atoms with E-state index in [1.54, 1.807) is 7.11 Å². The monoisotopic (exact) mass is 356 g/mol. The first-order chi connectivity index (χ1) is 12.3. The van der Waals surface area contributed by atoms with E-state index in [4.69, 9.17) is 4.74 Å². The van der Waals surface area contributed by atoms with Gasteiger partial charge in [0, 0.05) is 5.92 Å². The van der Waals surface area contributed by atoms with Crippen LogP contribution >= 0.6 is 0 Å². The molecule has 26 heavy (non-hydrogen) atoms. The summed E-state index contributed by atoms with van der Waals surface area (Å²) in [6.45, 7) is 4.28. The lowest BCUT2D eigenvalue weighted by Crippen LogP contribution is -2.52. The molecule has 0 unspecified atom stereocenters. The predicted octanol–water partition coefficient (Wildman–Crippen LogP) is 4.05. The van der Waals surface area contributed by atoms with Crippen molar-refractivity contribution in [3.05, 3.63) is 29.3 Å². The number of methoxy groups -OCH3 is 1. The molecule has 1 aromatic carbocycles. The Balaban J connectivity index is 1.58. The molecule has 4 aliphatic carbocycles. The third-order valence-electron chi connectivity index (χ3n) is 9.28. The molecule has 0 saturated heterocycles. The third kappa shape index (κ3) is 1.91. The Hall–Kier alpha value is -1.06. The van der Waals surface area contributed by atoms with Crippen molar-refractivity contribution in [3.8, 4) is 5.75 Å². The lowest BCUT2D eigenvalue weighted by atomic mass is 9.45. The Morgan fingerprint density at radius 1 is 1.08 bits per heavy atom. The summed E-state index contributed by atoms with van der Waals surface area (Å²) in [5.41, 5.74) is 2.43. The van der Waals surface area contributed by atoms with Gasteiger partial charge in [0.05, 0.1) is 18.8 Å². The maximum atomic E-state index is 11.3. The first-order valence-corrected chi connectivity index (χ1v) is 10.4. The molecule has 5 rings (SSSR count). The van der Waals surface area contributed by atoms with E-state index in [1.807, 2.05) is 6.92 Å². The van der Waals surface area contributed by atoms with Crippen LogP contribution in [0.15, 0.2) is 18.2 Å². The van der Waals surface area contributed by atoms with Gasteiger partial charge in [0.15, 0.2) is 0 Å². The van der Waals surface area contributed by atoms with E-state index in [-0.39, 0.29) is 22.9 Å². The first-order valence-electron chi connectivity index (χ1n) is 10.4. The second kappa shape index (κ2) is 5.26. The third-order valence-corrected chi connectivity index (χ3v) is 9.28. The Labute approximate surface area is 156 Å². The topological polar surface area (TPSA) is 49.7 Å². The standard InChI is InChI=1S/C23H32O3/c1-21-9-8-17-16-6-5-15(26-3)12-14(16)4-7-18(17)23(21)11-10-22(2,25)19(13-23)20(21)24/h5-6,12,17-20,24-25H,4,7-11,13H2,1-3H3/t17-,18-,19+,20+,21-,22-,23-/m1/s1. The van der Waals surface area contributed by atoms with Crippen LogP contribution in [0.25, 0.3) is 0 Å². The van der Waals surface area contributed by atoms with Crippen LogP contribution < -0.4 is 4.74 Å². The van der Waals surface area contributed by atoms with Crippen LogP contribution in [0, 0.1) is 22.7 Å². The van der Waals surface area contributed by atoms with Gasteiger partial charge in [-0.1, -0.05) is 13.0 Å². The molecule has 1 aromatic rings. The molecule has 2 bridgehead atoms. The second-order valence-electron chi connectivity index (χ2n) is 10.0. The summed E-state index contributed by atoms with van der Waals surface area (Å²) in [4.78, 5) is 0. The molecule has 3 fully saturated rings. The highest BCUT2D eigenvalue weighted by Gasteiger charge is 2.71. The number of hydrogen-bond acceptors (Lipinski definition) is 3. The fourth-order valence-electron chi connectivity index (χ4n) is 7.73. The number of fused-ring (bicyclic) bond motifs is 4. The summed E-state index contributed by atoms with van der Waals surface area (Å²) in [6, 6.07) is 6.64. The van der Waals surface area contributed by atoms with Crippen LogP contribution in [0.5, 0.6) is 5.75 Å². The predicted molar refractivity (Wildman–Crippen MR) is 101 cm³/mol. The van der Waals surface area contributed by atoms with Crippen LogP contribution in [-0.2, 0) is 6.42 Å². The van der Waals surface area contributed by atoms with Crippen LogP contribution in [0.4, 0.5) is 0 Å². The molecule has 142 valence electrons. The number of hydrogen-bond donors (Lipinski definition) is 2. The van der Waals surface area contributed by atoms with Gasteiger partial charge in [-0.25, -0.2) is 0 Å². The van der Waals surface area contributed by atoms with E-state index in [0.717, 1.165) is 44.3 Å².